The van der Waals surface area contributed by atoms with Gasteiger partial charge in [0, 0.05) is 29.2 Å². The standard InChI is InChI=1S/C19H16Cl2FN3O/c1-25-18(11-17(24-25)13-3-6-15(22)7-4-13)19(26)23-9-8-12-2-5-14(20)10-16(12)21/h2-7,10-11H,8-9H2,1H3,(H,23,26). The third-order valence-electron chi connectivity index (χ3n) is 3.95. The number of rotatable bonds is 5. The number of aromatic nitrogens is 2. The van der Waals surface area contributed by atoms with Crippen LogP contribution in [0.3, 0.4) is 0 Å². The highest BCUT2D eigenvalue weighted by Crippen LogP contribution is 2.21. The van der Waals surface area contributed by atoms with Crippen LogP contribution in [-0.2, 0) is 13.5 Å². The molecule has 0 saturated carbocycles. The largest absolute Gasteiger partial charge is 0.350 e. The molecule has 1 heterocycles. The fourth-order valence-corrected chi connectivity index (χ4v) is 3.07. The summed E-state index contributed by atoms with van der Waals surface area (Å²) in [6, 6.07) is 12.9. The van der Waals surface area contributed by atoms with Crippen LogP contribution in [0.1, 0.15) is 16.1 Å². The van der Waals surface area contributed by atoms with Gasteiger partial charge in [0.15, 0.2) is 0 Å². The number of carbonyl (C=O) groups excluding carboxylic acids is 1. The van der Waals surface area contributed by atoms with Crippen molar-refractivity contribution in [1.29, 1.82) is 0 Å². The monoisotopic (exact) mass is 391 g/mol. The van der Waals surface area contributed by atoms with Crippen LogP contribution < -0.4 is 5.32 Å². The lowest BCUT2D eigenvalue weighted by molar-refractivity contribution is 0.0944. The number of nitrogens with one attached hydrogen (secondary N) is 1. The van der Waals surface area contributed by atoms with Gasteiger partial charge in [-0.15, -0.1) is 0 Å². The van der Waals surface area contributed by atoms with Gasteiger partial charge in [-0.3, -0.25) is 9.48 Å². The van der Waals surface area contributed by atoms with E-state index >= 15 is 0 Å². The Hall–Kier alpha value is -2.37. The number of hydrogen-bond acceptors (Lipinski definition) is 2. The van der Waals surface area contributed by atoms with Gasteiger partial charge in [0.05, 0.1) is 5.69 Å². The summed E-state index contributed by atoms with van der Waals surface area (Å²) in [5.74, 6) is -0.554. The minimum Gasteiger partial charge on any atom is -0.350 e. The Balaban J connectivity index is 1.65. The van der Waals surface area contributed by atoms with Crippen LogP contribution in [0.5, 0.6) is 0 Å². The average molecular weight is 392 g/mol. The van der Waals surface area contributed by atoms with Gasteiger partial charge in [-0.05, 0) is 54.4 Å². The molecule has 0 unspecified atom stereocenters. The highest BCUT2D eigenvalue weighted by atomic mass is 35.5. The number of hydrogen-bond donors (Lipinski definition) is 1. The first kappa shape index (κ1) is 18.4. The van der Waals surface area contributed by atoms with Crippen LogP contribution in [-0.4, -0.2) is 22.2 Å². The lowest BCUT2D eigenvalue weighted by Crippen LogP contribution is -2.27. The summed E-state index contributed by atoms with van der Waals surface area (Å²) in [6.45, 7) is 0.428. The maximum atomic E-state index is 13.0. The second-order valence-corrected chi connectivity index (χ2v) is 6.63. The summed E-state index contributed by atoms with van der Waals surface area (Å²) in [5, 5.41) is 8.32. The van der Waals surface area contributed by atoms with Crippen LogP contribution >= 0.6 is 23.2 Å². The van der Waals surface area contributed by atoms with Crippen LogP contribution in [0.2, 0.25) is 10.0 Å². The molecule has 0 aliphatic carbocycles. The molecule has 0 atom stereocenters. The molecular formula is C19H16Cl2FN3O. The Kier molecular flexibility index (Phi) is 5.59. The Bertz CT molecular complexity index is 938. The van der Waals surface area contributed by atoms with Crippen molar-refractivity contribution < 1.29 is 9.18 Å². The number of aryl methyl sites for hydroxylation is 1. The van der Waals surface area contributed by atoms with Crippen molar-refractivity contribution in [3.8, 4) is 11.3 Å². The van der Waals surface area contributed by atoms with Gasteiger partial charge >= 0.3 is 0 Å². The van der Waals surface area contributed by atoms with Gasteiger partial charge in [0.1, 0.15) is 11.5 Å². The van der Waals surface area contributed by atoms with E-state index in [9.17, 15) is 9.18 Å². The smallest absolute Gasteiger partial charge is 0.269 e. The van der Waals surface area contributed by atoms with Gasteiger partial charge in [0.2, 0.25) is 0 Å². The average Bonchev–Trinajstić information content (AvgIpc) is 2.99. The zero-order valence-corrected chi connectivity index (χ0v) is 15.5. The molecule has 0 spiro atoms. The molecule has 3 rings (SSSR count). The van der Waals surface area contributed by atoms with Gasteiger partial charge in [0.25, 0.3) is 5.91 Å². The fraction of sp³-hybridized carbons (Fsp3) is 0.158. The topological polar surface area (TPSA) is 46.9 Å². The van der Waals surface area contributed by atoms with Crippen molar-refractivity contribution in [2.75, 3.05) is 6.54 Å². The van der Waals surface area contributed by atoms with E-state index in [1.807, 2.05) is 6.07 Å². The molecule has 0 saturated heterocycles. The molecule has 1 amide bonds. The molecule has 7 heteroatoms. The first-order chi connectivity index (χ1) is 12.4. The minimum absolute atomic E-state index is 0.238. The molecule has 3 aromatic rings. The van der Waals surface area contributed by atoms with Crippen molar-refractivity contribution in [3.05, 3.63) is 75.7 Å². The molecule has 26 heavy (non-hydrogen) atoms. The fourth-order valence-electron chi connectivity index (χ4n) is 2.57. The molecule has 134 valence electrons. The minimum atomic E-state index is -0.316. The number of benzene rings is 2. The quantitative estimate of drug-likeness (QED) is 0.695. The molecule has 0 aliphatic rings. The van der Waals surface area contributed by atoms with Crippen molar-refractivity contribution in [3.63, 3.8) is 0 Å². The zero-order chi connectivity index (χ0) is 18.7. The van der Waals surface area contributed by atoms with Crippen molar-refractivity contribution >= 4 is 29.1 Å². The second-order valence-electron chi connectivity index (χ2n) is 5.79. The molecule has 1 N–H and O–H groups in total. The number of nitrogens with zero attached hydrogens (tertiary/aromatic N) is 2. The molecular weight excluding hydrogens is 376 g/mol. The predicted molar refractivity (Wildman–Crippen MR) is 101 cm³/mol. The Labute approximate surface area is 160 Å². The van der Waals surface area contributed by atoms with Crippen LogP contribution in [0.4, 0.5) is 4.39 Å². The molecule has 0 bridgehead atoms. The first-order valence-electron chi connectivity index (χ1n) is 7.96. The molecule has 0 fully saturated rings. The lowest BCUT2D eigenvalue weighted by Gasteiger charge is -2.07. The SMILES string of the molecule is Cn1nc(-c2ccc(F)cc2)cc1C(=O)NCCc1ccc(Cl)cc1Cl. The molecule has 4 nitrogen and oxygen atoms in total. The van der Waals surface area contributed by atoms with E-state index in [4.69, 9.17) is 23.2 Å². The number of halogens is 3. The van der Waals surface area contributed by atoms with E-state index < -0.39 is 0 Å². The first-order valence-corrected chi connectivity index (χ1v) is 8.72. The van der Waals surface area contributed by atoms with Gasteiger partial charge < -0.3 is 5.32 Å². The molecule has 0 radical (unpaired) electrons. The zero-order valence-electron chi connectivity index (χ0n) is 14.0. The van der Waals surface area contributed by atoms with Crippen molar-refractivity contribution in [2.45, 2.75) is 6.42 Å². The summed E-state index contributed by atoms with van der Waals surface area (Å²) >= 11 is 12.0. The van der Waals surface area contributed by atoms with E-state index in [1.54, 1.807) is 37.4 Å². The highest BCUT2D eigenvalue weighted by molar-refractivity contribution is 6.35. The Morgan fingerprint density at radius 3 is 2.58 bits per heavy atom. The molecule has 0 aliphatic heterocycles. The molecule has 1 aromatic heterocycles. The highest BCUT2D eigenvalue weighted by Gasteiger charge is 2.14. The number of amides is 1. The summed E-state index contributed by atoms with van der Waals surface area (Å²) < 4.78 is 14.5. The van der Waals surface area contributed by atoms with Gasteiger partial charge in [-0.1, -0.05) is 29.3 Å². The summed E-state index contributed by atoms with van der Waals surface area (Å²) in [6.07, 6.45) is 0.588. The van der Waals surface area contributed by atoms with Crippen LogP contribution in [0.25, 0.3) is 11.3 Å². The Morgan fingerprint density at radius 2 is 1.88 bits per heavy atom. The summed E-state index contributed by atoms with van der Waals surface area (Å²) in [7, 11) is 1.69. The third-order valence-corrected chi connectivity index (χ3v) is 4.53. The lowest BCUT2D eigenvalue weighted by atomic mass is 10.1. The summed E-state index contributed by atoms with van der Waals surface area (Å²) in [4.78, 5) is 12.4. The maximum absolute atomic E-state index is 13.0. The predicted octanol–water partition coefficient (Wildman–Crippen LogP) is 4.51. The maximum Gasteiger partial charge on any atom is 0.269 e. The van der Waals surface area contributed by atoms with Crippen molar-refractivity contribution in [1.82, 2.24) is 15.1 Å². The second kappa shape index (κ2) is 7.89. The Morgan fingerprint density at radius 1 is 1.15 bits per heavy atom. The van der Waals surface area contributed by atoms with Crippen LogP contribution in [0, 0.1) is 5.82 Å². The summed E-state index contributed by atoms with van der Waals surface area (Å²) in [5.41, 5.74) is 2.69. The van der Waals surface area contributed by atoms with Gasteiger partial charge in [-0.2, -0.15) is 5.10 Å². The van der Waals surface area contributed by atoms with Crippen molar-refractivity contribution in [2.24, 2.45) is 7.05 Å². The normalized spacial score (nSPS) is 10.8. The van der Waals surface area contributed by atoms with E-state index in [1.165, 1.54) is 16.8 Å². The molecule has 2 aromatic carbocycles. The van der Waals surface area contributed by atoms with Crippen LogP contribution in [0.15, 0.2) is 48.5 Å². The van der Waals surface area contributed by atoms with E-state index in [-0.39, 0.29) is 11.7 Å². The van der Waals surface area contributed by atoms with E-state index in [0.29, 0.717) is 34.4 Å². The number of carbonyl (C=O) groups is 1. The van der Waals surface area contributed by atoms with E-state index in [0.717, 1.165) is 11.1 Å². The third kappa shape index (κ3) is 4.23. The van der Waals surface area contributed by atoms with Gasteiger partial charge in [-0.25, -0.2) is 4.39 Å². The van der Waals surface area contributed by atoms with E-state index in [2.05, 4.69) is 10.4 Å².